The molecule has 3 aliphatic carbocycles. The Hall–Kier alpha value is -0.300. The number of hydrogen-bond donors (Lipinski definition) is 0. The van der Waals surface area contributed by atoms with Crippen molar-refractivity contribution in [2.75, 3.05) is 7.11 Å². The van der Waals surface area contributed by atoms with Crippen LogP contribution in [0.4, 0.5) is 0 Å². The molecule has 3 aliphatic rings. The molecule has 2 atom stereocenters. The summed E-state index contributed by atoms with van der Waals surface area (Å²) in [4.78, 5) is 0. The fourth-order valence-electron chi connectivity index (χ4n) is 7.04. The second-order valence-corrected chi connectivity index (χ2v) is 10.3. The van der Waals surface area contributed by atoms with E-state index in [9.17, 15) is 0 Å². The van der Waals surface area contributed by atoms with Crippen LogP contribution in [0.25, 0.3) is 0 Å². The van der Waals surface area contributed by atoms with Gasteiger partial charge in [0.25, 0.3) is 0 Å². The van der Waals surface area contributed by atoms with Crippen molar-refractivity contribution in [2.24, 2.45) is 16.7 Å². The molecule has 150 valence electrons. The Labute approximate surface area is 163 Å². The molecule has 1 heteroatoms. The van der Waals surface area contributed by atoms with Gasteiger partial charge in [0.05, 0.1) is 5.60 Å². The van der Waals surface area contributed by atoms with Crippen molar-refractivity contribution in [3.8, 4) is 0 Å². The molecule has 2 unspecified atom stereocenters. The fraction of sp³-hybridized carbons (Fsp3) is 0.920. The smallest absolute Gasteiger partial charge is 0.0802 e. The van der Waals surface area contributed by atoms with Gasteiger partial charge in [-0.3, -0.25) is 0 Å². The Bertz CT molecular complexity index is 482. The van der Waals surface area contributed by atoms with Gasteiger partial charge in [0, 0.05) is 12.5 Å². The van der Waals surface area contributed by atoms with Gasteiger partial charge >= 0.3 is 0 Å². The maximum atomic E-state index is 6.77. The Morgan fingerprint density at radius 2 is 1.42 bits per heavy atom. The highest BCUT2D eigenvalue weighted by Crippen LogP contribution is 2.63. The van der Waals surface area contributed by atoms with E-state index in [4.69, 9.17) is 4.74 Å². The lowest BCUT2D eigenvalue weighted by Crippen LogP contribution is -2.61. The van der Waals surface area contributed by atoms with Gasteiger partial charge in [0.1, 0.15) is 0 Å². The first-order valence-corrected chi connectivity index (χ1v) is 11.7. The summed E-state index contributed by atoms with van der Waals surface area (Å²) in [5.41, 5.74) is 2.26. The van der Waals surface area contributed by atoms with E-state index in [2.05, 4.69) is 34.0 Å². The van der Waals surface area contributed by atoms with E-state index in [1.807, 2.05) is 0 Å². The number of ether oxygens (including phenoxy) is 1. The largest absolute Gasteiger partial charge is 0.377 e. The Morgan fingerprint density at radius 1 is 0.808 bits per heavy atom. The molecule has 1 nitrogen and oxygen atoms in total. The summed E-state index contributed by atoms with van der Waals surface area (Å²) in [6, 6.07) is 0. The van der Waals surface area contributed by atoms with Gasteiger partial charge in [-0.25, -0.2) is 0 Å². The van der Waals surface area contributed by atoms with Crippen molar-refractivity contribution in [1.82, 2.24) is 0 Å². The first-order chi connectivity index (χ1) is 12.5. The maximum absolute atomic E-state index is 6.77. The third kappa shape index (κ3) is 3.43. The molecule has 0 bridgehead atoms. The lowest BCUT2D eigenvalue weighted by atomic mass is 9.47. The summed E-state index contributed by atoms with van der Waals surface area (Å²) in [6.07, 6.45) is 23.2. The molecule has 0 spiro atoms. The number of rotatable bonds is 3. The van der Waals surface area contributed by atoms with Gasteiger partial charge in [-0.05, 0) is 56.3 Å². The van der Waals surface area contributed by atoms with Crippen LogP contribution in [0.15, 0.2) is 11.6 Å². The van der Waals surface area contributed by atoms with Crippen molar-refractivity contribution in [2.45, 2.75) is 123 Å². The first kappa shape index (κ1) is 20.4. The molecule has 2 saturated carbocycles. The minimum absolute atomic E-state index is 0.0322. The van der Waals surface area contributed by atoms with Gasteiger partial charge in [-0.15, -0.1) is 0 Å². The first-order valence-electron chi connectivity index (χ1n) is 11.7. The lowest BCUT2D eigenvalue weighted by molar-refractivity contribution is -0.188. The Kier molecular flexibility index (Phi) is 6.58. The average Bonchev–Trinajstić information content (AvgIpc) is 3.12. The van der Waals surface area contributed by atoms with Crippen LogP contribution >= 0.6 is 0 Å². The predicted molar refractivity (Wildman–Crippen MR) is 112 cm³/mol. The predicted octanol–water partition coefficient (Wildman–Crippen LogP) is 7.84. The summed E-state index contributed by atoms with van der Waals surface area (Å²) in [6.45, 7) is 7.75. The highest BCUT2D eigenvalue weighted by Gasteiger charge is 2.61. The molecular weight excluding hydrogens is 316 g/mol. The molecule has 0 saturated heterocycles. The summed E-state index contributed by atoms with van der Waals surface area (Å²) in [5, 5.41) is 0. The van der Waals surface area contributed by atoms with E-state index in [0.717, 1.165) is 5.92 Å². The lowest BCUT2D eigenvalue weighted by Gasteiger charge is -2.61. The zero-order valence-electron chi connectivity index (χ0n) is 18.2. The van der Waals surface area contributed by atoms with Crippen LogP contribution < -0.4 is 0 Å². The zero-order valence-corrected chi connectivity index (χ0v) is 18.2. The molecule has 0 aromatic carbocycles. The molecule has 0 aliphatic heterocycles. The van der Waals surface area contributed by atoms with Crippen molar-refractivity contribution in [3.63, 3.8) is 0 Å². The molecule has 0 N–H and O–H groups in total. The highest BCUT2D eigenvalue weighted by molar-refractivity contribution is 5.28. The van der Waals surface area contributed by atoms with Crippen molar-refractivity contribution < 1.29 is 4.74 Å². The maximum Gasteiger partial charge on any atom is 0.0802 e. The number of hydrogen-bond acceptors (Lipinski definition) is 1. The quantitative estimate of drug-likeness (QED) is 0.466. The monoisotopic (exact) mass is 360 g/mol. The van der Waals surface area contributed by atoms with Crippen molar-refractivity contribution in [3.05, 3.63) is 11.6 Å². The molecule has 0 aromatic rings. The van der Waals surface area contributed by atoms with Gasteiger partial charge in [0.15, 0.2) is 0 Å². The molecule has 0 aromatic heterocycles. The van der Waals surface area contributed by atoms with E-state index < -0.39 is 0 Å². The summed E-state index contributed by atoms with van der Waals surface area (Å²) in [5.74, 6) is 0.733. The third-order valence-electron chi connectivity index (χ3n) is 8.86. The number of methoxy groups -OCH3 is 1. The third-order valence-corrected chi connectivity index (χ3v) is 8.86. The topological polar surface area (TPSA) is 9.23 Å². The van der Waals surface area contributed by atoms with Crippen LogP contribution in [0.1, 0.15) is 117 Å². The van der Waals surface area contributed by atoms with Crippen LogP contribution in [0, 0.1) is 16.7 Å². The van der Waals surface area contributed by atoms with Gasteiger partial charge in [-0.2, -0.15) is 0 Å². The molecule has 26 heavy (non-hydrogen) atoms. The zero-order chi connectivity index (χ0) is 18.7. The SMILES string of the molecule is COC1(C2CCCCCCC2)CCCCCC(C)(C)C1(C)C1=CCCC1. The molecule has 2 fully saturated rings. The highest BCUT2D eigenvalue weighted by atomic mass is 16.5. The van der Waals surface area contributed by atoms with Gasteiger partial charge in [-0.1, -0.05) is 83.8 Å². The normalized spacial score (nSPS) is 37.3. The van der Waals surface area contributed by atoms with Crippen LogP contribution in [-0.4, -0.2) is 12.7 Å². The second-order valence-electron chi connectivity index (χ2n) is 10.3. The fourth-order valence-corrected chi connectivity index (χ4v) is 7.04. The standard InChI is InChI=1S/C25H44O/c1-23(2)19-13-8-14-20-25(26-4,22-17-9-6-5-7-10-18-22)24(23,3)21-15-11-12-16-21/h15,22H,5-14,16-20H2,1-4H3. The van der Waals surface area contributed by atoms with E-state index >= 15 is 0 Å². The Morgan fingerprint density at radius 3 is 2.04 bits per heavy atom. The van der Waals surface area contributed by atoms with Crippen LogP contribution in [0.5, 0.6) is 0 Å². The van der Waals surface area contributed by atoms with Crippen molar-refractivity contribution in [1.29, 1.82) is 0 Å². The summed E-state index contributed by atoms with van der Waals surface area (Å²) in [7, 11) is 2.06. The second kappa shape index (κ2) is 8.38. The van der Waals surface area contributed by atoms with E-state index in [0.29, 0.717) is 5.41 Å². The van der Waals surface area contributed by atoms with E-state index in [-0.39, 0.29) is 11.0 Å². The minimum atomic E-state index is 0.0322. The summed E-state index contributed by atoms with van der Waals surface area (Å²) < 4.78 is 6.77. The minimum Gasteiger partial charge on any atom is -0.377 e. The number of allylic oxidation sites excluding steroid dienone is 1. The molecular formula is C25H44O. The average molecular weight is 361 g/mol. The van der Waals surface area contributed by atoms with E-state index in [1.165, 1.54) is 96.3 Å². The van der Waals surface area contributed by atoms with Crippen LogP contribution in [0.2, 0.25) is 0 Å². The molecule has 0 amide bonds. The van der Waals surface area contributed by atoms with Crippen molar-refractivity contribution >= 4 is 0 Å². The summed E-state index contributed by atoms with van der Waals surface area (Å²) >= 11 is 0. The van der Waals surface area contributed by atoms with Gasteiger partial charge < -0.3 is 4.74 Å². The van der Waals surface area contributed by atoms with Gasteiger partial charge in [0.2, 0.25) is 0 Å². The Balaban J connectivity index is 2.08. The molecule has 0 radical (unpaired) electrons. The molecule has 0 heterocycles. The molecule has 3 rings (SSSR count). The van der Waals surface area contributed by atoms with Crippen LogP contribution in [-0.2, 0) is 4.74 Å². The van der Waals surface area contributed by atoms with Crippen LogP contribution in [0.3, 0.4) is 0 Å². The van der Waals surface area contributed by atoms with E-state index in [1.54, 1.807) is 5.57 Å².